The van der Waals surface area contributed by atoms with E-state index in [-0.39, 0.29) is 11.7 Å². The smallest absolute Gasteiger partial charge is 0.234 e. The summed E-state index contributed by atoms with van der Waals surface area (Å²) in [6.07, 6.45) is 0. The molecule has 164 valence electrons. The Morgan fingerprint density at radius 1 is 1.06 bits per heavy atom. The average Bonchev–Trinajstić information content (AvgIpc) is 3.13. The molecule has 1 aromatic heterocycles. The first-order chi connectivity index (χ1) is 14.9. The van der Waals surface area contributed by atoms with Crippen molar-refractivity contribution in [3.8, 4) is 0 Å². The lowest BCUT2D eigenvalue weighted by Gasteiger charge is -2.09. The molecule has 3 aromatic rings. The summed E-state index contributed by atoms with van der Waals surface area (Å²) in [5.74, 6) is 2.23. The lowest BCUT2D eigenvalue weighted by atomic mass is 10.2. The van der Waals surface area contributed by atoms with Crippen LogP contribution in [0.5, 0.6) is 0 Å². The van der Waals surface area contributed by atoms with Gasteiger partial charge in [-0.3, -0.25) is 4.79 Å². The summed E-state index contributed by atoms with van der Waals surface area (Å²) in [6.45, 7) is 2.72. The van der Waals surface area contributed by atoms with Gasteiger partial charge >= 0.3 is 0 Å². The first kappa shape index (κ1) is 24.6. The highest BCUT2D eigenvalue weighted by atomic mass is 35.5. The maximum absolute atomic E-state index is 12.3. The van der Waals surface area contributed by atoms with Gasteiger partial charge in [0.15, 0.2) is 5.16 Å². The van der Waals surface area contributed by atoms with Gasteiger partial charge in [-0.05, 0) is 36.8 Å². The third-order valence-electron chi connectivity index (χ3n) is 4.17. The molecule has 0 radical (unpaired) electrons. The normalized spacial score (nSPS) is 11.0. The SMILES string of the molecule is CCn1c(CSCc2ccc(Cl)cc2Cl)nnc1SCC(=O)Nc1cccc(Cl)c1Cl. The van der Waals surface area contributed by atoms with Crippen LogP contribution in [0.15, 0.2) is 41.6 Å². The minimum atomic E-state index is -0.201. The maximum atomic E-state index is 12.3. The number of nitrogens with one attached hydrogen (secondary N) is 1. The number of rotatable bonds is 9. The first-order valence-electron chi connectivity index (χ1n) is 9.19. The molecule has 0 unspecified atom stereocenters. The Hall–Kier alpha value is -1.09. The quantitative estimate of drug-likeness (QED) is 0.297. The molecule has 0 atom stereocenters. The zero-order valence-corrected chi connectivity index (χ0v) is 21.0. The topological polar surface area (TPSA) is 59.8 Å². The summed E-state index contributed by atoms with van der Waals surface area (Å²) in [5.41, 5.74) is 1.50. The molecule has 1 heterocycles. The third-order valence-corrected chi connectivity index (χ3v) is 7.52. The molecule has 1 amide bonds. The number of carbonyl (C=O) groups is 1. The van der Waals surface area contributed by atoms with Gasteiger partial charge < -0.3 is 9.88 Å². The van der Waals surface area contributed by atoms with Crippen LogP contribution in [0.3, 0.4) is 0 Å². The van der Waals surface area contributed by atoms with E-state index in [0.717, 1.165) is 17.1 Å². The maximum Gasteiger partial charge on any atom is 0.234 e. The molecule has 0 saturated carbocycles. The van der Waals surface area contributed by atoms with Crippen molar-refractivity contribution < 1.29 is 4.79 Å². The van der Waals surface area contributed by atoms with Crippen LogP contribution >= 0.6 is 69.9 Å². The van der Waals surface area contributed by atoms with Crippen LogP contribution in [0.2, 0.25) is 20.1 Å². The van der Waals surface area contributed by atoms with E-state index in [1.165, 1.54) is 11.8 Å². The number of nitrogens with zero attached hydrogens (tertiary/aromatic N) is 3. The summed E-state index contributed by atoms with van der Waals surface area (Å²) in [6, 6.07) is 10.6. The number of aromatic nitrogens is 3. The molecule has 0 aliphatic heterocycles. The number of halogens is 4. The van der Waals surface area contributed by atoms with Crippen molar-refractivity contribution in [1.29, 1.82) is 0 Å². The lowest BCUT2D eigenvalue weighted by Crippen LogP contribution is -2.15. The fraction of sp³-hybridized carbons (Fsp3) is 0.250. The van der Waals surface area contributed by atoms with Gasteiger partial charge in [0.2, 0.25) is 5.91 Å². The van der Waals surface area contributed by atoms with Crippen molar-refractivity contribution >= 4 is 81.5 Å². The summed E-state index contributed by atoms with van der Waals surface area (Å²) in [5, 5.41) is 14.0. The van der Waals surface area contributed by atoms with Crippen LogP contribution < -0.4 is 5.32 Å². The second kappa shape index (κ2) is 11.7. The van der Waals surface area contributed by atoms with Gasteiger partial charge in [-0.25, -0.2) is 0 Å². The van der Waals surface area contributed by atoms with Crippen LogP contribution in [0, 0.1) is 0 Å². The van der Waals surface area contributed by atoms with E-state index >= 15 is 0 Å². The Bertz CT molecular complexity index is 1080. The molecular weight excluding hydrogens is 518 g/mol. The number of amides is 1. The van der Waals surface area contributed by atoms with Gasteiger partial charge in [-0.15, -0.1) is 22.0 Å². The fourth-order valence-corrected chi connectivity index (χ4v) is 5.35. The summed E-state index contributed by atoms with van der Waals surface area (Å²) in [7, 11) is 0. The molecule has 2 aromatic carbocycles. The van der Waals surface area contributed by atoms with Gasteiger partial charge in [0.25, 0.3) is 0 Å². The number of carbonyl (C=O) groups excluding carboxylic acids is 1. The molecule has 11 heteroatoms. The highest BCUT2D eigenvalue weighted by Gasteiger charge is 2.15. The standard InChI is InChI=1S/C20H18Cl4N4OS2/c1-2-28-17(10-30-9-12-6-7-13(21)8-15(12)23)26-27-20(28)31-11-18(29)25-16-5-3-4-14(22)19(16)24/h3-8H,2,9-11H2,1H3,(H,25,29). The molecule has 0 saturated heterocycles. The second-order valence-corrected chi connectivity index (χ2v) is 9.87. The van der Waals surface area contributed by atoms with Gasteiger partial charge in [-0.1, -0.05) is 70.3 Å². The summed E-state index contributed by atoms with van der Waals surface area (Å²) < 4.78 is 2.00. The molecule has 0 aliphatic rings. The predicted octanol–water partition coefficient (Wildman–Crippen LogP) is 7.08. The van der Waals surface area contributed by atoms with Crippen molar-refractivity contribution in [2.75, 3.05) is 11.1 Å². The van der Waals surface area contributed by atoms with Crippen LogP contribution in [-0.4, -0.2) is 26.4 Å². The number of anilines is 1. The Labute approximate surface area is 209 Å². The zero-order chi connectivity index (χ0) is 22.4. The van der Waals surface area contributed by atoms with Crippen molar-refractivity contribution in [2.24, 2.45) is 0 Å². The minimum absolute atomic E-state index is 0.175. The van der Waals surface area contributed by atoms with Gasteiger partial charge in [0.1, 0.15) is 5.82 Å². The van der Waals surface area contributed by atoms with Crippen LogP contribution in [0.4, 0.5) is 5.69 Å². The summed E-state index contributed by atoms with van der Waals surface area (Å²) >= 11 is 27.3. The van der Waals surface area contributed by atoms with Gasteiger partial charge in [0, 0.05) is 22.3 Å². The third kappa shape index (κ3) is 6.70. The largest absolute Gasteiger partial charge is 0.324 e. The molecule has 3 rings (SSSR count). The lowest BCUT2D eigenvalue weighted by molar-refractivity contribution is -0.113. The Kier molecular flexibility index (Phi) is 9.25. The van der Waals surface area contributed by atoms with Crippen LogP contribution in [0.25, 0.3) is 0 Å². The number of hydrogen-bond donors (Lipinski definition) is 1. The minimum Gasteiger partial charge on any atom is -0.324 e. The van der Waals surface area contributed by atoms with Crippen molar-refractivity contribution in [1.82, 2.24) is 14.8 Å². The molecular formula is C20H18Cl4N4OS2. The monoisotopic (exact) mass is 534 g/mol. The summed E-state index contributed by atoms with van der Waals surface area (Å²) in [4.78, 5) is 12.3. The highest BCUT2D eigenvalue weighted by molar-refractivity contribution is 7.99. The van der Waals surface area contributed by atoms with Crippen LogP contribution in [0.1, 0.15) is 18.3 Å². The molecule has 0 bridgehead atoms. The number of benzene rings is 2. The van der Waals surface area contributed by atoms with Crippen molar-refractivity contribution in [2.45, 2.75) is 30.1 Å². The average molecular weight is 536 g/mol. The van der Waals surface area contributed by atoms with E-state index in [2.05, 4.69) is 15.5 Å². The van der Waals surface area contributed by atoms with Crippen molar-refractivity contribution in [3.63, 3.8) is 0 Å². The van der Waals surface area contributed by atoms with E-state index in [4.69, 9.17) is 46.4 Å². The highest BCUT2D eigenvalue weighted by Crippen LogP contribution is 2.30. The van der Waals surface area contributed by atoms with E-state index in [1.807, 2.05) is 23.6 Å². The van der Waals surface area contributed by atoms with E-state index in [1.54, 1.807) is 36.0 Å². The first-order valence-corrected chi connectivity index (χ1v) is 12.8. The molecule has 1 N–H and O–H groups in total. The number of hydrogen-bond acceptors (Lipinski definition) is 5. The Balaban J connectivity index is 1.55. The zero-order valence-electron chi connectivity index (χ0n) is 16.4. The Morgan fingerprint density at radius 2 is 1.87 bits per heavy atom. The molecule has 5 nitrogen and oxygen atoms in total. The second-order valence-electron chi connectivity index (χ2n) is 6.31. The molecule has 0 fully saturated rings. The fourth-order valence-electron chi connectivity index (χ4n) is 2.66. The number of thioether (sulfide) groups is 2. The van der Waals surface area contributed by atoms with E-state index < -0.39 is 0 Å². The van der Waals surface area contributed by atoms with E-state index in [9.17, 15) is 4.79 Å². The van der Waals surface area contributed by atoms with E-state index in [0.29, 0.717) is 43.2 Å². The molecule has 0 aliphatic carbocycles. The Morgan fingerprint density at radius 3 is 2.61 bits per heavy atom. The van der Waals surface area contributed by atoms with Gasteiger partial charge in [0.05, 0.1) is 27.2 Å². The van der Waals surface area contributed by atoms with Crippen molar-refractivity contribution in [3.05, 3.63) is 67.9 Å². The van der Waals surface area contributed by atoms with Gasteiger partial charge in [-0.2, -0.15) is 0 Å². The van der Waals surface area contributed by atoms with Crippen LogP contribution in [-0.2, 0) is 22.8 Å². The molecule has 0 spiro atoms. The predicted molar refractivity (Wildman–Crippen MR) is 133 cm³/mol. The molecule has 31 heavy (non-hydrogen) atoms.